The predicted octanol–water partition coefficient (Wildman–Crippen LogP) is 1.67. The molecule has 3 rings (SSSR count). The summed E-state index contributed by atoms with van der Waals surface area (Å²) in [5.74, 6) is 0.234. The van der Waals surface area contributed by atoms with Crippen LogP contribution in [0.2, 0.25) is 0 Å². The van der Waals surface area contributed by atoms with Gasteiger partial charge in [0.25, 0.3) is 5.91 Å². The Balaban J connectivity index is 1.76. The topological polar surface area (TPSA) is 32.3 Å². The lowest BCUT2D eigenvalue weighted by Crippen LogP contribution is -2.51. The minimum Gasteiger partial charge on any atom is -0.335 e. The molecule has 1 atom stereocenters. The van der Waals surface area contributed by atoms with Crippen molar-refractivity contribution < 1.29 is 4.79 Å². The molecule has 0 saturated carbocycles. The number of fused-ring (bicyclic) bond motifs is 1. The van der Waals surface area contributed by atoms with Gasteiger partial charge in [-0.15, -0.1) is 11.3 Å². The maximum absolute atomic E-state index is 12.4. The number of hydrogen-bond donors (Lipinski definition) is 1. The average molecular weight is 250 g/mol. The van der Waals surface area contributed by atoms with Crippen LogP contribution in [0.1, 0.15) is 33.5 Å². The zero-order valence-corrected chi connectivity index (χ0v) is 11.0. The van der Waals surface area contributed by atoms with Gasteiger partial charge in [-0.2, -0.15) is 0 Å². The normalized spacial score (nSPS) is 23.8. The third-order valence-electron chi connectivity index (χ3n) is 3.61. The number of nitrogens with zero attached hydrogens (tertiary/aromatic N) is 1. The maximum Gasteiger partial charge on any atom is 0.264 e. The first-order chi connectivity index (χ1) is 8.24. The first-order valence-electron chi connectivity index (χ1n) is 6.38. The summed E-state index contributed by atoms with van der Waals surface area (Å²) in [6.07, 6.45) is 3.60. The van der Waals surface area contributed by atoms with Crippen molar-refractivity contribution in [3.8, 4) is 0 Å². The number of aryl methyl sites for hydroxylation is 2. The Morgan fingerprint density at radius 3 is 3.18 bits per heavy atom. The Kier molecular flexibility index (Phi) is 2.92. The van der Waals surface area contributed by atoms with E-state index in [2.05, 4.69) is 18.3 Å². The minimum absolute atomic E-state index is 0.234. The van der Waals surface area contributed by atoms with E-state index < -0.39 is 0 Å². The third-order valence-corrected chi connectivity index (χ3v) is 4.84. The lowest BCUT2D eigenvalue weighted by atomic mass is 10.2. The molecule has 2 aliphatic rings. The fourth-order valence-electron chi connectivity index (χ4n) is 2.71. The van der Waals surface area contributed by atoms with E-state index in [4.69, 9.17) is 0 Å². The number of amides is 1. The van der Waals surface area contributed by atoms with Crippen molar-refractivity contribution in [3.63, 3.8) is 0 Å². The van der Waals surface area contributed by atoms with Crippen LogP contribution in [0.4, 0.5) is 0 Å². The van der Waals surface area contributed by atoms with Gasteiger partial charge in [0.2, 0.25) is 0 Å². The molecule has 1 aliphatic heterocycles. The predicted molar refractivity (Wildman–Crippen MR) is 69.7 cm³/mol. The Hall–Kier alpha value is -0.870. The molecule has 1 N–H and O–H groups in total. The lowest BCUT2D eigenvalue weighted by molar-refractivity contribution is 0.0714. The summed E-state index contributed by atoms with van der Waals surface area (Å²) in [5, 5.41) is 3.37. The first-order valence-corrected chi connectivity index (χ1v) is 7.20. The molecule has 92 valence electrons. The second kappa shape index (κ2) is 4.42. The third kappa shape index (κ3) is 2.11. The fraction of sp³-hybridized carbons (Fsp3) is 0.615. The fourth-order valence-corrected chi connectivity index (χ4v) is 3.93. The number of carbonyl (C=O) groups is 1. The Morgan fingerprint density at radius 1 is 1.53 bits per heavy atom. The van der Waals surface area contributed by atoms with Gasteiger partial charge < -0.3 is 10.2 Å². The van der Waals surface area contributed by atoms with Crippen LogP contribution in [0.3, 0.4) is 0 Å². The second-order valence-electron chi connectivity index (χ2n) is 5.02. The molecule has 0 aromatic carbocycles. The van der Waals surface area contributed by atoms with Gasteiger partial charge in [0.05, 0.1) is 4.88 Å². The highest BCUT2D eigenvalue weighted by Crippen LogP contribution is 2.31. The van der Waals surface area contributed by atoms with Crippen molar-refractivity contribution in [1.82, 2.24) is 10.2 Å². The van der Waals surface area contributed by atoms with Crippen LogP contribution < -0.4 is 5.32 Å². The molecular weight excluding hydrogens is 232 g/mol. The monoisotopic (exact) mass is 250 g/mol. The van der Waals surface area contributed by atoms with Gasteiger partial charge in [0.15, 0.2) is 0 Å². The van der Waals surface area contributed by atoms with E-state index in [0.717, 1.165) is 30.9 Å². The number of carbonyl (C=O) groups excluding carboxylic acids is 1. The van der Waals surface area contributed by atoms with Crippen LogP contribution in [-0.2, 0) is 12.8 Å². The molecule has 1 saturated heterocycles. The van der Waals surface area contributed by atoms with Crippen LogP contribution in [0.15, 0.2) is 6.07 Å². The quantitative estimate of drug-likeness (QED) is 0.822. The molecule has 1 amide bonds. The van der Waals surface area contributed by atoms with Crippen molar-refractivity contribution in [1.29, 1.82) is 0 Å². The number of nitrogens with one attached hydrogen (secondary N) is 1. The van der Waals surface area contributed by atoms with Crippen LogP contribution in [0, 0.1) is 0 Å². The Labute approximate surface area is 106 Å². The number of thiophene rings is 1. The van der Waals surface area contributed by atoms with Crippen LogP contribution >= 0.6 is 11.3 Å². The summed E-state index contributed by atoms with van der Waals surface area (Å²) in [6.45, 7) is 4.72. The van der Waals surface area contributed by atoms with Gasteiger partial charge in [-0.3, -0.25) is 4.79 Å². The van der Waals surface area contributed by atoms with Crippen molar-refractivity contribution in [2.45, 2.75) is 32.2 Å². The van der Waals surface area contributed by atoms with E-state index >= 15 is 0 Å². The molecule has 3 nitrogen and oxygen atoms in total. The molecule has 1 aromatic heterocycles. The van der Waals surface area contributed by atoms with E-state index in [9.17, 15) is 4.79 Å². The van der Waals surface area contributed by atoms with E-state index in [1.165, 1.54) is 23.3 Å². The molecule has 1 fully saturated rings. The zero-order chi connectivity index (χ0) is 11.8. The number of rotatable bonds is 1. The standard InChI is InChI=1S/C13H18N2OS/c1-9-8-15(6-5-14-9)13(16)12-7-10-3-2-4-11(10)17-12/h7,9,14H,2-6,8H2,1H3/t9-/m0/s1. The molecule has 0 bridgehead atoms. The average Bonchev–Trinajstić information content (AvgIpc) is 2.88. The first kappa shape index (κ1) is 11.2. The SMILES string of the molecule is C[C@H]1CN(C(=O)c2cc3c(s2)CCC3)CCN1. The molecule has 17 heavy (non-hydrogen) atoms. The summed E-state index contributed by atoms with van der Waals surface area (Å²) in [6, 6.07) is 2.54. The largest absolute Gasteiger partial charge is 0.335 e. The highest BCUT2D eigenvalue weighted by Gasteiger charge is 2.25. The van der Waals surface area contributed by atoms with Gasteiger partial charge >= 0.3 is 0 Å². The molecule has 2 heterocycles. The van der Waals surface area contributed by atoms with E-state index in [0.29, 0.717) is 6.04 Å². The molecule has 1 aromatic rings. The van der Waals surface area contributed by atoms with Gasteiger partial charge in [-0.05, 0) is 37.8 Å². The zero-order valence-electron chi connectivity index (χ0n) is 10.2. The van der Waals surface area contributed by atoms with Gasteiger partial charge in [-0.1, -0.05) is 0 Å². The van der Waals surface area contributed by atoms with E-state index in [-0.39, 0.29) is 5.91 Å². The maximum atomic E-state index is 12.4. The van der Waals surface area contributed by atoms with Gasteiger partial charge in [0.1, 0.15) is 0 Å². The summed E-state index contributed by atoms with van der Waals surface area (Å²) < 4.78 is 0. The summed E-state index contributed by atoms with van der Waals surface area (Å²) in [4.78, 5) is 16.7. The lowest BCUT2D eigenvalue weighted by Gasteiger charge is -2.31. The highest BCUT2D eigenvalue weighted by atomic mass is 32.1. The molecule has 0 spiro atoms. The Bertz CT molecular complexity index is 419. The van der Waals surface area contributed by atoms with Gasteiger partial charge in [0, 0.05) is 30.6 Å². The minimum atomic E-state index is 0.234. The van der Waals surface area contributed by atoms with Crippen LogP contribution in [-0.4, -0.2) is 36.5 Å². The highest BCUT2D eigenvalue weighted by molar-refractivity contribution is 7.14. The van der Waals surface area contributed by atoms with Crippen molar-refractivity contribution in [2.24, 2.45) is 0 Å². The number of piperazine rings is 1. The van der Waals surface area contributed by atoms with Crippen LogP contribution in [0.5, 0.6) is 0 Å². The Morgan fingerprint density at radius 2 is 2.41 bits per heavy atom. The van der Waals surface area contributed by atoms with Gasteiger partial charge in [-0.25, -0.2) is 0 Å². The molecule has 0 unspecified atom stereocenters. The van der Waals surface area contributed by atoms with E-state index in [1.54, 1.807) is 11.3 Å². The molecule has 0 radical (unpaired) electrons. The second-order valence-corrected chi connectivity index (χ2v) is 6.16. The van der Waals surface area contributed by atoms with Crippen molar-refractivity contribution in [3.05, 3.63) is 21.4 Å². The van der Waals surface area contributed by atoms with Crippen molar-refractivity contribution >= 4 is 17.2 Å². The number of hydrogen-bond acceptors (Lipinski definition) is 3. The molecular formula is C13H18N2OS. The van der Waals surface area contributed by atoms with Crippen LogP contribution in [0.25, 0.3) is 0 Å². The van der Waals surface area contributed by atoms with Crippen molar-refractivity contribution in [2.75, 3.05) is 19.6 Å². The smallest absolute Gasteiger partial charge is 0.264 e. The summed E-state index contributed by atoms with van der Waals surface area (Å²) in [7, 11) is 0. The van der Waals surface area contributed by atoms with E-state index in [1.807, 2.05) is 4.90 Å². The molecule has 1 aliphatic carbocycles. The molecule has 4 heteroatoms. The summed E-state index contributed by atoms with van der Waals surface area (Å²) in [5.41, 5.74) is 1.42. The summed E-state index contributed by atoms with van der Waals surface area (Å²) >= 11 is 1.71.